The van der Waals surface area contributed by atoms with E-state index in [2.05, 4.69) is 4.90 Å². The van der Waals surface area contributed by atoms with Crippen LogP contribution in [0.3, 0.4) is 0 Å². The molecule has 5 nitrogen and oxygen atoms in total. The maximum Gasteiger partial charge on any atom is 0.227 e. The van der Waals surface area contributed by atoms with E-state index in [4.69, 9.17) is 4.74 Å². The molecule has 5 heteroatoms. The number of aliphatic hydroxyl groups excluding tert-OH is 1. The van der Waals surface area contributed by atoms with Crippen LogP contribution in [0, 0.1) is 11.8 Å². The van der Waals surface area contributed by atoms with Crippen molar-refractivity contribution in [3.63, 3.8) is 0 Å². The van der Waals surface area contributed by atoms with Crippen LogP contribution in [-0.4, -0.2) is 67.3 Å². The van der Waals surface area contributed by atoms with Crippen molar-refractivity contribution in [2.75, 3.05) is 46.4 Å². The number of benzene rings is 1. The van der Waals surface area contributed by atoms with E-state index in [1.54, 1.807) is 7.11 Å². The van der Waals surface area contributed by atoms with Crippen LogP contribution in [0.1, 0.15) is 31.2 Å². The van der Waals surface area contributed by atoms with Crippen LogP contribution in [0.4, 0.5) is 0 Å². The highest BCUT2D eigenvalue weighted by atomic mass is 16.5. The van der Waals surface area contributed by atoms with E-state index in [-0.39, 0.29) is 18.4 Å². The summed E-state index contributed by atoms with van der Waals surface area (Å²) in [7, 11) is 1.64. The van der Waals surface area contributed by atoms with Gasteiger partial charge in [0.2, 0.25) is 5.91 Å². The Bertz CT molecular complexity index is 584. The molecule has 1 amide bonds. The van der Waals surface area contributed by atoms with E-state index in [9.17, 15) is 9.90 Å². The summed E-state index contributed by atoms with van der Waals surface area (Å²) in [4.78, 5) is 17.2. The second-order valence-electron chi connectivity index (χ2n) is 7.74. The fourth-order valence-corrected chi connectivity index (χ4v) is 4.28. The number of nitrogens with zero attached hydrogens (tertiary/aromatic N) is 2. The molecule has 2 fully saturated rings. The lowest BCUT2D eigenvalue weighted by atomic mass is 9.96. The Balaban J connectivity index is 1.57. The van der Waals surface area contributed by atoms with Crippen molar-refractivity contribution >= 4 is 5.91 Å². The lowest BCUT2D eigenvalue weighted by Gasteiger charge is -2.26. The Kier molecular flexibility index (Phi) is 6.92. The predicted molar refractivity (Wildman–Crippen MR) is 102 cm³/mol. The summed E-state index contributed by atoms with van der Waals surface area (Å²) in [5.74, 6) is 1.51. The minimum absolute atomic E-state index is 0.148. The van der Waals surface area contributed by atoms with Gasteiger partial charge in [0.25, 0.3) is 0 Å². The van der Waals surface area contributed by atoms with Crippen molar-refractivity contribution in [1.29, 1.82) is 0 Å². The molecule has 2 saturated heterocycles. The summed E-state index contributed by atoms with van der Waals surface area (Å²) in [6.07, 6.45) is 5.60. The number of carbonyl (C=O) groups excluding carboxylic acids is 1. The van der Waals surface area contributed by atoms with Crippen molar-refractivity contribution in [2.45, 2.75) is 32.1 Å². The maximum atomic E-state index is 12.8. The normalized spacial score (nSPS) is 24.5. The molecule has 3 rings (SSSR count). The first-order chi connectivity index (χ1) is 12.7. The summed E-state index contributed by atoms with van der Waals surface area (Å²) in [5, 5.41) is 9.81. The largest absolute Gasteiger partial charge is 0.497 e. The molecule has 0 aromatic heterocycles. The number of likely N-dealkylation sites (tertiary alicyclic amines) is 2. The Hall–Kier alpha value is -1.59. The zero-order chi connectivity index (χ0) is 18.4. The number of hydrogen-bond acceptors (Lipinski definition) is 4. The molecule has 1 N–H and O–H groups in total. The summed E-state index contributed by atoms with van der Waals surface area (Å²) in [6, 6.07) is 7.70. The highest BCUT2D eigenvalue weighted by Crippen LogP contribution is 2.26. The molecule has 0 aliphatic carbocycles. The Morgan fingerprint density at radius 1 is 1.15 bits per heavy atom. The minimum atomic E-state index is 0.148. The summed E-state index contributed by atoms with van der Waals surface area (Å²) in [5.41, 5.74) is 0.978. The maximum absolute atomic E-state index is 12.8. The zero-order valence-electron chi connectivity index (χ0n) is 15.9. The van der Waals surface area contributed by atoms with Gasteiger partial charge in [0.1, 0.15) is 5.75 Å². The van der Waals surface area contributed by atoms with Gasteiger partial charge in [-0.3, -0.25) is 4.79 Å². The van der Waals surface area contributed by atoms with Crippen molar-refractivity contribution in [3.8, 4) is 5.75 Å². The molecule has 0 radical (unpaired) electrons. The van der Waals surface area contributed by atoms with E-state index >= 15 is 0 Å². The third kappa shape index (κ3) is 4.98. The van der Waals surface area contributed by atoms with Crippen LogP contribution in [-0.2, 0) is 11.2 Å². The summed E-state index contributed by atoms with van der Waals surface area (Å²) >= 11 is 0. The van der Waals surface area contributed by atoms with Crippen molar-refractivity contribution in [1.82, 2.24) is 9.80 Å². The van der Waals surface area contributed by atoms with Crippen LogP contribution in [0.15, 0.2) is 24.3 Å². The van der Waals surface area contributed by atoms with Gasteiger partial charge in [0, 0.05) is 32.2 Å². The fraction of sp³-hybridized carbons (Fsp3) is 0.667. The van der Waals surface area contributed by atoms with Crippen molar-refractivity contribution in [3.05, 3.63) is 29.8 Å². The van der Waals surface area contributed by atoms with Crippen LogP contribution >= 0.6 is 0 Å². The standard InChI is InChI=1S/C21H32N2O3/c1-26-20-8-6-7-17(11-20)12-21(25)23-14-18(19(15-23)16-24)13-22-9-4-2-3-5-10-22/h6-8,11,18-19,24H,2-5,9-10,12-16H2,1H3/t18-,19-/m1/s1. The molecule has 0 unspecified atom stereocenters. The molecule has 2 aliphatic rings. The van der Waals surface area contributed by atoms with Gasteiger partial charge >= 0.3 is 0 Å². The Labute approximate surface area is 156 Å². The first-order valence-corrected chi connectivity index (χ1v) is 9.93. The smallest absolute Gasteiger partial charge is 0.227 e. The number of methoxy groups -OCH3 is 1. The van der Waals surface area contributed by atoms with E-state index in [0.717, 1.165) is 37.5 Å². The molecule has 0 spiro atoms. The Morgan fingerprint density at radius 2 is 1.88 bits per heavy atom. The molecule has 1 aromatic carbocycles. The SMILES string of the molecule is COc1cccc(CC(=O)N2C[C@@H](CN3CCCCCC3)[C@@H](CO)C2)c1. The van der Waals surface area contributed by atoms with Crippen LogP contribution in [0.25, 0.3) is 0 Å². The van der Waals surface area contributed by atoms with Gasteiger partial charge in [-0.2, -0.15) is 0 Å². The molecule has 0 bridgehead atoms. The van der Waals surface area contributed by atoms with Crippen LogP contribution < -0.4 is 4.74 Å². The topological polar surface area (TPSA) is 53.0 Å². The van der Waals surface area contributed by atoms with Gasteiger partial charge in [0.15, 0.2) is 0 Å². The molecular formula is C21H32N2O3. The van der Waals surface area contributed by atoms with E-state index < -0.39 is 0 Å². The second kappa shape index (κ2) is 9.38. The lowest BCUT2D eigenvalue weighted by Crippen LogP contribution is -2.35. The zero-order valence-corrected chi connectivity index (χ0v) is 15.9. The summed E-state index contributed by atoms with van der Waals surface area (Å²) < 4.78 is 5.24. The van der Waals surface area contributed by atoms with Gasteiger partial charge in [-0.25, -0.2) is 0 Å². The van der Waals surface area contributed by atoms with Gasteiger partial charge in [-0.15, -0.1) is 0 Å². The molecule has 0 saturated carbocycles. The van der Waals surface area contributed by atoms with Crippen LogP contribution in [0.5, 0.6) is 5.75 Å². The molecular weight excluding hydrogens is 328 g/mol. The van der Waals surface area contributed by atoms with Gasteiger partial charge in [0.05, 0.1) is 13.5 Å². The predicted octanol–water partition coefficient (Wildman–Crippen LogP) is 2.18. The second-order valence-corrected chi connectivity index (χ2v) is 7.74. The minimum Gasteiger partial charge on any atom is -0.497 e. The van der Waals surface area contributed by atoms with Gasteiger partial charge < -0.3 is 19.6 Å². The Morgan fingerprint density at radius 3 is 2.58 bits per heavy atom. The third-order valence-corrected chi connectivity index (χ3v) is 5.84. The monoisotopic (exact) mass is 360 g/mol. The number of carbonyl (C=O) groups is 1. The first-order valence-electron chi connectivity index (χ1n) is 9.93. The molecule has 2 aliphatic heterocycles. The molecule has 144 valence electrons. The van der Waals surface area contributed by atoms with Crippen LogP contribution in [0.2, 0.25) is 0 Å². The van der Waals surface area contributed by atoms with Crippen molar-refractivity contribution < 1.29 is 14.6 Å². The first kappa shape index (κ1) is 19.2. The lowest BCUT2D eigenvalue weighted by molar-refractivity contribution is -0.129. The number of rotatable bonds is 6. The molecule has 26 heavy (non-hydrogen) atoms. The van der Waals surface area contributed by atoms with E-state index in [0.29, 0.717) is 18.9 Å². The average molecular weight is 360 g/mol. The number of hydrogen-bond donors (Lipinski definition) is 1. The fourth-order valence-electron chi connectivity index (χ4n) is 4.28. The number of aliphatic hydroxyl groups is 1. The molecule has 2 atom stereocenters. The van der Waals surface area contributed by atoms with E-state index in [1.807, 2.05) is 29.2 Å². The quantitative estimate of drug-likeness (QED) is 0.845. The highest BCUT2D eigenvalue weighted by Gasteiger charge is 2.35. The average Bonchev–Trinajstić information content (AvgIpc) is 2.89. The summed E-state index contributed by atoms with van der Waals surface area (Å²) in [6.45, 7) is 4.94. The highest BCUT2D eigenvalue weighted by molar-refractivity contribution is 5.79. The molecule has 1 aromatic rings. The molecule has 2 heterocycles. The van der Waals surface area contributed by atoms with Gasteiger partial charge in [-0.1, -0.05) is 25.0 Å². The number of ether oxygens (including phenoxy) is 1. The third-order valence-electron chi connectivity index (χ3n) is 5.84. The van der Waals surface area contributed by atoms with Crippen molar-refractivity contribution in [2.24, 2.45) is 11.8 Å². The van der Waals surface area contributed by atoms with Gasteiger partial charge in [-0.05, 0) is 49.5 Å². The number of amides is 1. The van der Waals surface area contributed by atoms with E-state index in [1.165, 1.54) is 25.7 Å².